The van der Waals surface area contributed by atoms with Gasteiger partial charge in [-0.15, -0.1) is 0 Å². The predicted molar refractivity (Wildman–Crippen MR) is 55.6 cm³/mol. The maximum absolute atomic E-state index is 11.8. The van der Waals surface area contributed by atoms with Gasteiger partial charge in [-0.05, 0) is 18.6 Å². The minimum atomic E-state index is 0.0118. The van der Waals surface area contributed by atoms with Crippen molar-refractivity contribution < 1.29 is 9.59 Å². The maximum atomic E-state index is 11.8. The van der Waals surface area contributed by atoms with Gasteiger partial charge in [-0.2, -0.15) is 0 Å². The zero-order valence-corrected chi connectivity index (χ0v) is 8.77. The molecule has 0 aliphatic carbocycles. The number of nitrogens with zero attached hydrogens (tertiary/aromatic N) is 2. The fourth-order valence-electron chi connectivity index (χ4n) is 1.88. The number of carbonyl (C=O) groups is 2. The van der Waals surface area contributed by atoms with Gasteiger partial charge >= 0.3 is 0 Å². The molecule has 1 amide bonds. The second-order valence-electron chi connectivity index (χ2n) is 3.85. The molecular weight excluding hydrogens is 192 g/mol. The van der Waals surface area contributed by atoms with E-state index >= 15 is 0 Å². The number of aryl methyl sites for hydroxylation is 1. The van der Waals surface area contributed by atoms with Gasteiger partial charge in [-0.3, -0.25) is 9.59 Å². The molecule has 0 atom stereocenters. The van der Waals surface area contributed by atoms with Gasteiger partial charge in [0.05, 0.1) is 12.2 Å². The second-order valence-corrected chi connectivity index (χ2v) is 3.85. The molecule has 0 N–H and O–H groups in total. The zero-order chi connectivity index (χ0) is 10.8. The number of rotatable bonds is 3. The van der Waals surface area contributed by atoms with Crippen molar-refractivity contribution in [1.82, 2.24) is 9.47 Å². The molecule has 2 rings (SSSR count). The van der Waals surface area contributed by atoms with E-state index in [9.17, 15) is 9.59 Å². The van der Waals surface area contributed by atoms with E-state index in [-0.39, 0.29) is 18.2 Å². The Morgan fingerprint density at radius 3 is 2.87 bits per heavy atom. The Balaban J connectivity index is 2.04. The third-order valence-corrected chi connectivity index (χ3v) is 2.74. The molecule has 1 aromatic rings. The van der Waals surface area contributed by atoms with Crippen LogP contribution in [0.15, 0.2) is 18.3 Å². The Labute approximate surface area is 88.5 Å². The third kappa shape index (κ3) is 1.93. The van der Waals surface area contributed by atoms with Gasteiger partial charge in [0.15, 0.2) is 5.78 Å². The molecule has 2 heterocycles. The summed E-state index contributed by atoms with van der Waals surface area (Å²) < 4.78 is 1.78. The number of Topliss-reactive ketones (excluding diaryl/α,β-unsaturated/α-hetero) is 1. The lowest BCUT2D eigenvalue weighted by atomic mass is 10.2. The van der Waals surface area contributed by atoms with Crippen LogP contribution in [0.4, 0.5) is 0 Å². The van der Waals surface area contributed by atoms with Crippen LogP contribution in [0, 0.1) is 0 Å². The van der Waals surface area contributed by atoms with Crippen molar-refractivity contribution in [3.05, 3.63) is 24.0 Å². The minimum Gasteiger partial charge on any atom is -0.348 e. The summed E-state index contributed by atoms with van der Waals surface area (Å²) in [6, 6.07) is 3.61. The molecule has 0 bridgehead atoms. The summed E-state index contributed by atoms with van der Waals surface area (Å²) in [5, 5.41) is 0. The monoisotopic (exact) mass is 206 g/mol. The number of ketones is 1. The number of aromatic nitrogens is 1. The van der Waals surface area contributed by atoms with E-state index < -0.39 is 0 Å². The highest BCUT2D eigenvalue weighted by molar-refractivity contribution is 5.98. The predicted octanol–water partition coefficient (Wildman–Crippen LogP) is 0.830. The molecule has 1 fully saturated rings. The Hall–Kier alpha value is -1.58. The number of likely N-dealkylation sites (tertiary alicyclic amines) is 1. The van der Waals surface area contributed by atoms with Gasteiger partial charge in [0.2, 0.25) is 5.91 Å². The normalized spacial score (nSPS) is 16.1. The molecule has 0 aromatic carbocycles. The summed E-state index contributed by atoms with van der Waals surface area (Å²) in [6.07, 6.45) is 3.29. The van der Waals surface area contributed by atoms with Crippen molar-refractivity contribution in [2.45, 2.75) is 12.8 Å². The Bertz CT molecular complexity index is 395. The highest BCUT2D eigenvalue weighted by Crippen LogP contribution is 2.11. The minimum absolute atomic E-state index is 0.0118. The molecule has 1 aliphatic heterocycles. The number of carbonyl (C=O) groups excluding carboxylic acids is 2. The average molecular weight is 206 g/mol. The van der Waals surface area contributed by atoms with Crippen molar-refractivity contribution in [1.29, 1.82) is 0 Å². The summed E-state index contributed by atoms with van der Waals surface area (Å²) in [7, 11) is 1.83. The Morgan fingerprint density at radius 2 is 2.33 bits per heavy atom. The first-order valence-electron chi connectivity index (χ1n) is 5.11. The molecule has 1 aliphatic rings. The lowest BCUT2D eigenvalue weighted by Gasteiger charge is -2.14. The van der Waals surface area contributed by atoms with E-state index in [1.54, 1.807) is 15.5 Å². The summed E-state index contributed by atoms with van der Waals surface area (Å²) in [5.74, 6) is 0.107. The second kappa shape index (κ2) is 3.88. The van der Waals surface area contributed by atoms with Crippen LogP contribution in [0.2, 0.25) is 0 Å². The van der Waals surface area contributed by atoms with E-state index in [2.05, 4.69) is 0 Å². The molecule has 1 saturated heterocycles. The molecule has 4 heteroatoms. The molecule has 15 heavy (non-hydrogen) atoms. The van der Waals surface area contributed by atoms with Crippen LogP contribution in [0.25, 0.3) is 0 Å². The highest BCUT2D eigenvalue weighted by Gasteiger charge is 2.23. The van der Waals surface area contributed by atoms with Crippen LogP contribution >= 0.6 is 0 Å². The quantitative estimate of drug-likeness (QED) is 0.687. The van der Waals surface area contributed by atoms with Crippen molar-refractivity contribution in [3.63, 3.8) is 0 Å². The first-order valence-corrected chi connectivity index (χ1v) is 5.11. The van der Waals surface area contributed by atoms with Crippen molar-refractivity contribution in [2.75, 3.05) is 13.1 Å². The molecule has 80 valence electrons. The van der Waals surface area contributed by atoms with Crippen molar-refractivity contribution >= 4 is 11.7 Å². The van der Waals surface area contributed by atoms with E-state index in [1.165, 1.54) is 0 Å². The van der Waals surface area contributed by atoms with E-state index in [1.807, 2.05) is 19.3 Å². The number of amides is 1. The van der Waals surface area contributed by atoms with Gasteiger partial charge in [0.25, 0.3) is 0 Å². The fourth-order valence-corrected chi connectivity index (χ4v) is 1.88. The summed E-state index contributed by atoms with van der Waals surface area (Å²) in [5.41, 5.74) is 0.662. The Kier molecular flexibility index (Phi) is 2.58. The van der Waals surface area contributed by atoms with Crippen LogP contribution in [0.3, 0.4) is 0 Å². The molecule has 0 radical (unpaired) electrons. The van der Waals surface area contributed by atoms with Crippen LogP contribution in [0.1, 0.15) is 23.3 Å². The van der Waals surface area contributed by atoms with Gasteiger partial charge in [-0.1, -0.05) is 0 Å². The molecular formula is C11H14N2O2. The topological polar surface area (TPSA) is 42.3 Å². The van der Waals surface area contributed by atoms with Crippen LogP contribution in [0.5, 0.6) is 0 Å². The number of hydrogen-bond acceptors (Lipinski definition) is 2. The van der Waals surface area contributed by atoms with Gasteiger partial charge in [0, 0.05) is 26.2 Å². The van der Waals surface area contributed by atoms with Gasteiger partial charge in [0.1, 0.15) is 0 Å². The van der Waals surface area contributed by atoms with E-state index in [0.717, 1.165) is 13.0 Å². The molecule has 0 unspecified atom stereocenters. The first kappa shape index (κ1) is 9.96. The lowest BCUT2D eigenvalue weighted by Crippen LogP contribution is -2.31. The standard InChI is InChI=1S/C11H14N2O2/c1-12-6-2-4-9(12)10(14)8-13-7-3-5-11(13)15/h2,4,6H,3,5,7-8H2,1H3. The van der Waals surface area contributed by atoms with Crippen LogP contribution in [-0.4, -0.2) is 34.2 Å². The smallest absolute Gasteiger partial charge is 0.223 e. The Morgan fingerprint density at radius 1 is 1.53 bits per heavy atom. The highest BCUT2D eigenvalue weighted by atomic mass is 16.2. The summed E-state index contributed by atoms with van der Waals surface area (Å²) >= 11 is 0. The van der Waals surface area contributed by atoms with Gasteiger partial charge < -0.3 is 9.47 Å². The van der Waals surface area contributed by atoms with Crippen LogP contribution in [-0.2, 0) is 11.8 Å². The first-order chi connectivity index (χ1) is 7.18. The molecule has 0 spiro atoms. The SMILES string of the molecule is Cn1cccc1C(=O)CN1CCCC1=O. The van der Waals surface area contributed by atoms with E-state index in [4.69, 9.17) is 0 Å². The van der Waals surface area contributed by atoms with Crippen molar-refractivity contribution in [2.24, 2.45) is 7.05 Å². The van der Waals surface area contributed by atoms with Gasteiger partial charge in [-0.25, -0.2) is 0 Å². The summed E-state index contributed by atoms with van der Waals surface area (Å²) in [6.45, 7) is 0.936. The number of hydrogen-bond donors (Lipinski definition) is 0. The summed E-state index contributed by atoms with van der Waals surface area (Å²) in [4.78, 5) is 24.8. The fraction of sp³-hybridized carbons (Fsp3) is 0.455. The average Bonchev–Trinajstić information content (AvgIpc) is 2.76. The maximum Gasteiger partial charge on any atom is 0.223 e. The van der Waals surface area contributed by atoms with Crippen LogP contribution < -0.4 is 0 Å². The molecule has 4 nitrogen and oxygen atoms in total. The zero-order valence-electron chi connectivity index (χ0n) is 8.77. The molecule has 1 aromatic heterocycles. The molecule has 0 saturated carbocycles. The van der Waals surface area contributed by atoms with Crippen molar-refractivity contribution in [3.8, 4) is 0 Å². The lowest BCUT2D eigenvalue weighted by molar-refractivity contribution is -0.127. The third-order valence-electron chi connectivity index (χ3n) is 2.74. The van der Waals surface area contributed by atoms with E-state index in [0.29, 0.717) is 12.1 Å². The largest absolute Gasteiger partial charge is 0.348 e.